The molecule has 0 saturated carbocycles. The van der Waals surface area contributed by atoms with Crippen LogP contribution in [-0.4, -0.2) is 42.2 Å². The van der Waals surface area contributed by atoms with Crippen LogP contribution in [-0.2, 0) is 11.3 Å². The fourth-order valence-electron chi connectivity index (χ4n) is 3.53. The highest BCUT2D eigenvalue weighted by molar-refractivity contribution is 6.04. The van der Waals surface area contributed by atoms with Crippen LogP contribution in [0.5, 0.6) is 5.75 Å². The van der Waals surface area contributed by atoms with Gasteiger partial charge in [0.15, 0.2) is 0 Å². The molecule has 0 bridgehead atoms. The molecule has 28 heavy (non-hydrogen) atoms. The van der Waals surface area contributed by atoms with Gasteiger partial charge in [-0.2, -0.15) is 0 Å². The second-order valence-corrected chi connectivity index (χ2v) is 7.79. The van der Waals surface area contributed by atoms with Crippen LogP contribution in [0.25, 0.3) is 0 Å². The van der Waals surface area contributed by atoms with E-state index in [0.29, 0.717) is 5.56 Å². The third kappa shape index (κ3) is 5.81. The van der Waals surface area contributed by atoms with Gasteiger partial charge in [0.05, 0.1) is 18.3 Å². The molecule has 1 aliphatic heterocycles. The van der Waals surface area contributed by atoms with Crippen molar-refractivity contribution in [2.24, 2.45) is 0 Å². The van der Waals surface area contributed by atoms with Crippen LogP contribution < -0.4 is 10.1 Å². The Morgan fingerprint density at radius 3 is 2.25 bits per heavy atom. The van der Waals surface area contributed by atoms with Crippen molar-refractivity contribution >= 4 is 11.6 Å². The summed E-state index contributed by atoms with van der Waals surface area (Å²) in [4.78, 5) is 14.9. The molecule has 2 atom stereocenters. The van der Waals surface area contributed by atoms with Gasteiger partial charge in [-0.15, -0.1) is 0 Å². The lowest BCUT2D eigenvalue weighted by Gasteiger charge is -2.35. The predicted molar refractivity (Wildman–Crippen MR) is 112 cm³/mol. The molecule has 150 valence electrons. The van der Waals surface area contributed by atoms with Gasteiger partial charge in [-0.05, 0) is 69.7 Å². The molecule has 1 saturated heterocycles. The lowest BCUT2D eigenvalue weighted by Crippen LogP contribution is -2.44. The van der Waals surface area contributed by atoms with Gasteiger partial charge in [0.1, 0.15) is 5.75 Å². The van der Waals surface area contributed by atoms with E-state index >= 15 is 0 Å². The summed E-state index contributed by atoms with van der Waals surface area (Å²) in [5.74, 6) is 0.682. The molecule has 5 nitrogen and oxygen atoms in total. The number of carbonyl (C=O) groups excluding carboxylic acids is 1. The average molecular weight is 383 g/mol. The van der Waals surface area contributed by atoms with Crippen molar-refractivity contribution in [3.8, 4) is 5.75 Å². The second-order valence-electron chi connectivity index (χ2n) is 7.79. The number of nitrogens with zero attached hydrogens (tertiary/aromatic N) is 1. The summed E-state index contributed by atoms with van der Waals surface area (Å²) in [6.45, 7) is 10.9. The number of ether oxygens (including phenoxy) is 2. The molecule has 3 rings (SSSR count). The van der Waals surface area contributed by atoms with Crippen molar-refractivity contribution in [2.45, 2.75) is 52.6 Å². The lowest BCUT2D eigenvalue weighted by atomic mass is 10.1. The highest BCUT2D eigenvalue weighted by atomic mass is 16.5. The SMILES string of the molecule is CC(C)Oc1ccc(NC(=O)c2ccc(CN3CC(C)OC(C)C3)cc2)cc1. The Bertz CT molecular complexity index is 761. The molecule has 1 N–H and O–H groups in total. The van der Waals surface area contributed by atoms with Gasteiger partial charge in [0, 0.05) is 30.9 Å². The summed E-state index contributed by atoms with van der Waals surface area (Å²) in [6.07, 6.45) is 0.639. The topological polar surface area (TPSA) is 50.8 Å². The molecule has 0 spiro atoms. The van der Waals surface area contributed by atoms with Crippen molar-refractivity contribution < 1.29 is 14.3 Å². The second kappa shape index (κ2) is 9.22. The monoisotopic (exact) mass is 382 g/mol. The van der Waals surface area contributed by atoms with Crippen molar-refractivity contribution in [1.82, 2.24) is 4.90 Å². The molecule has 1 amide bonds. The largest absolute Gasteiger partial charge is 0.491 e. The summed E-state index contributed by atoms with van der Waals surface area (Å²) < 4.78 is 11.4. The van der Waals surface area contributed by atoms with E-state index in [2.05, 4.69) is 24.1 Å². The zero-order chi connectivity index (χ0) is 20.1. The maximum atomic E-state index is 12.5. The zero-order valence-corrected chi connectivity index (χ0v) is 17.1. The number of carbonyl (C=O) groups is 1. The van der Waals surface area contributed by atoms with Crippen molar-refractivity contribution in [1.29, 1.82) is 0 Å². The molecule has 1 fully saturated rings. The Labute approximate surface area is 167 Å². The molecule has 1 aliphatic rings. The Morgan fingerprint density at radius 1 is 1.07 bits per heavy atom. The number of anilines is 1. The van der Waals surface area contributed by atoms with Crippen LogP contribution in [0.3, 0.4) is 0 Å². The Morgan fingerprint density at radius 2 is 1.68 bits per heavy atom. The number of hydrogen-bond donors (Lipinski definition) is 1. The van der Waals surface area contributed by atoms with Crippen LogP contribution in [0.2, 0.25) is 0 Å². The lowest BCUT2D eigenvalue weighted by molar-refractivity contribution is -0.0704. The molecule has 0 aliphatic carbocycles. The maximum absolute atomic E-state index is 12.5. The van der Waals surface area contributed by atoms with Gasteiger partial charge in [0.25, 0.3) is 5.91 Å². The molecular weight excluding hydrogens is 352 g/mol. The first-order chi connectivity index (χ1) is 13.4. The van der Waals surface area contributed by atoms with Gasteiger partial charge in [-0.25, -0.2) is 0 Å². The molecule has 2 unspecified atom stereocenters. The molecule has 0 radical (unpaired) electrons. The molecule has 5 heteroatoms. The number of amides is 1. The van der Waals surface area contributed by atoms with Crippen LogP contribution in [0.15, 0.2) is 48.5 Å². The van der Waals surface area contributed by atoms with Crippen LogP contribution in [0.4, 0.5) is 5.69 Å². The Kier molecular flexibility index (Phi) is 6.70. The normalized spacial score (nSPS) is 20.2. The zero-order valence-electron chi connectivity index (χ0n) is 17.1. The average Bonchev–Trinajstić information content (AvgIpc) is 2.62. The van der Waals surface area contributed by atoms with Gasteiger partial charge in [-0.1, -0.05) is 12.1 Å². The van der Waals surface area contributed by atoms with Crippen molar-refractivity contribution in [3.63, 3.8) is 0 Å². The van der Waals surface area contributed by atoms with E-state index in [-0.39, 0.29) is 24.2 Å². The van der Waals surface area contributed by atoms with Gasteiger partial charge >= 0.3 is 0 Å². The molecule has 1 heterocycles. The van der Waals surface area contributed by atoms with E-state index in [1.165, 1.54) is 5.56 Å². The van der Waals surface area contributed by atoms with Crippen LogP contribution in [0, 0.1) is 0 Å². The summed E-state index contributed by atoms with van der Waals surface area (Å²) >= 11 is 0. The van der Waals surface area contributed by atoms with Gasteiger partial charge < -0.3 is 14.8 Å². The number of morpholine rings is 1. The quantitative estimate of drug-likeness (QED) is 0.808. The first-order valence-electron chi connectivity index (χ1n) is 9.94. The van der Waals surface area contributed by atoms with E-state index in [1.54, 1.807) is 0 Å². The molecule has 2 aromatic carbocycles. The Balaban J connectivity index is 1.56. The Hall–Kier alpha value is -2.37. The number of hydrogen-bond acceptors (Lipinski definition) is 4. The van der Waals surface area contributed by atoms with E-state index < -0.39 is 0 Å². The molecule has 2 aromatic rings. The fraction of sp³-hybridized carbons (Fsp3) is 0.435. The summed E-state index contributed by atoms with van der Waals surface area (Å²) in [7, 11) is 0. The third-order valence-electron chi connectivity index (χ3n) is 4.60. The van der Waals surface area contributed by atoms with E-state index in [0.717, 1.165) is 31.1 Å². The van der Waals surface area contributed by atoms with Crippen LogP contribution in [0.1, 0.15) is 43.6 Å². The summed E-state index contributed by atoms with van der Waals surface area (Å²) in [5.41, 5.74) is 2.60. The highest BCUT2D eigenvalue weighted by Gasteiger charge is 2.22. The number of nitrogens with one attached hydrogen (secondary N) is 1. The van der Waals surface area contributed by atoms with Crippen LogP contribution >= 0.6 is 0 Å². The summed E-state index contributed by atoms with van der Waals surface area (Å²) in [6, 6.07) is 15.3. The maximum Gasteiger partial charge on any atom is 0.255 e. The minimum atomic E-state index is -0.113. The predicted octanol–water partition coefficient (Wildman–Crippen LogP) is 4.34. The standard InChI is InChI=1S/C23H30N2O3/c1-16(2)27-22-11-9-21(10-12-22)24-23(26)20-7-5-19(6-8-20)15-25-13-17(3)28-18(4)14-25/h5-12,16-18H,13-15H2,1-4H3,(H,24,26). The first-order valence-corrected chi connectivity index (χ1v) is 9.94. The van der Waals surface area contributed by atoms with E-state index in [4.69, 9.17) is 9.47 Å². The van der Waals surface area contributed by atoms with Gasteiger partial charge in [0.2, 0.25) is 0 Å². The number of rotatable bonds is 6. The third-order valence-corrected chi connectivity index (χ3v) is 4.60. The molecule has 0 aromatic heterocycles. The van der Waals surface area contributed by atoms with Gasteiger partial charge in [-0.3, -0.25) is 9.69 Å². The number of benzene rings is 2. The minimum absolute atomic E-state index is 0.113. The minimum Gasteiger partial charge on any atom is -0.491 e. The van der Waals surface area contributed by atoms with E-state index in [9.17, 15) is 4.79 Å². The highest BCUT2D eigenvalue weighted by Crippen LogP contribution is 2.18. The molecular formula is C23H30N2O3. The van der Waals surface area contributed by atoms with Crippen molar-refractivity contribution in [2.75, 3.05) is 18.4 Å². The fourth-order valence-corrected chi connectivity index (χ4v) is 3.53. The van der Waals surface area contributed by atoms with Crippen molar-refractivity contribution in [3.05, 3.63) is 59.7 Å². The smallest absolute Gasteiger partial charge is 0.255 e. The van der Waals surface area contributed by atoms with E-state index in [1.807, 2.05) is 62.4 Å². The summed E-state index contributed by atoms with van der Waals surface area (Å²) in [5, 5.41) is 2.93. The first kappa shape index (κ1) is 20.4.